The largest absolute Gasteiger partial charge is 0.475 e. The summed E-state index contributed by atoms with van der Waals surface area (Å²) < 4.78 is 16.1. The highest BCUT2D eigenvalue weighted by Gasteiger charge is 2.16. The number of nitrogen functional groups attached to an aromatic ring is 1. The van der Waals surface area contributed by atoms with Gasteiger partial charge in [0.25, 0.3) is 0 Å². The van der Waals surface area contributed by atoms with Gasteiger partial charge in [-0.15, -0.1) is 0 Å². The minimum Gasteiger partial charge on any atom is -0.475 e. The third-order valence-electron chi connectivity index (χ3n) is 2.61. The fraction of sp³-hybridized carbons (Fsp3) is 0.636. The van der Waals surface area contributed by atoms with Crippen molar-refractivity contribution in [1.29, 1.82) is 0 Å². The van der Waals surface area contributed by atoms with Gasteiger partial charge in [0.05, 0.1) is 6.10 Å². The van der Waals surface area contributed by atoms with Gasteiger partial charge in [0.2, 0.25) is 5.88 Å². The van der Waals surface area contributed by atoms with Crippen molar-refractivity contribution in [2.24, 2.45) is 5.84 Å². The number of hydrogen-bond acceptors (Lipinski definition) is 7. The Balaban J connectivity index is 1.98. The molecule has 100 valence electrons. The van der Waals surface area contributed by atoms with Crippen molar-refractivity contribution in [3.8, 4) is 5.88 Å². The van der Waals surface area contributed by atoms with Crippen LogP contribution in [-0.4, -0.2) is 36.4 Å². The van der Waals surface area contributed by atoms with Crippen molar-refractivity contribution in [1.82, 2.24) is 9.97 Å². The van der Waals surface area contributed by atoms with Gasteiger partial charge in [0.15, 0.2) is 5.82 Å². The van der Waals surface area contributed by atoms with Gasteiger partial charge in [-0.3, -0.25) is 0 Å². The van der Waals surface area contributed by atoms with Crippen molar-refractivity contribution in [2.45, 2.75) is 25.6 Å². The van der Waals surface area contributed by atoms with Crippen LogP contribution in [0.2, 0.25) is 0 Å². The van der Waals surface area contributed by atoms with E-state index >= 15 is 0 Å². The quantitative estimate of drug-likeness (QED) is 0.563. The van der Waals surface area contributed by atoms with Gasteiger partial charge < -0.3 is 19.6 Å². The molecule has 1 saturated heterocycles. The number of hydrogen-bond donors (Lipinski definition) is 2. The monoisotopic (exact) mass is 254 g/mol. The first-order valence-electron chi connectivity index (χ1n) is 5.89. The molecule has 1 aromatic heterocycles. The molecule has 18 heavy (non-hydrogen) atoms. The molecule has 1 aliphatic heterocycles. The van der Waals surface area contributed by atoms with Gasteiger partial charge in [0, 0.05) is 19.8 Å². The lowest BCUT2D eigenvalue weighted by atomic mass is 10.2. The van der Waals surface area contributed by atoms with E-state index in [1.807, 2.05) is 0 Å². The van der Waals surface area contributed by atoms with E-state index in [2.05, 4.69) is 15.4 Å². The van der Waals surface area contributed by atoms with Crippen molar-refractivity contribution in [3.63, 3.8) is 0 Å². The Hall–Kier alpha value is -1.44. The molecule has 1 aromatic rings. The number of aromatic nitrogens is 2. The maximum Gasteiger partial charge on any atom is 0.218 e. The van der Waals surface area contributed by atoms with Crippen LogP contribution < -0.4 is 16.0 Å². The second-order valence-corrected chi connectivity index (χ2v) is 4.03. The van der Waals surface area contributed by atoms with Crippen LogP contribution >= 0.6 is 0 Å². The topological polar surface area (TPSA) is 91.5 Å². The van der Waals surface area contributed by atoms with Crippen LogP contribution in [0.25, 0.3) is 0 Å². The molecule has 0 bridgehead atoms. The first-order valence-corrected chi connectivity index (χ1v) is 5.89. The maximum absolute atomic E-state index is 5.59. The van der Waals surface area contributed by atoms with E-state index in [9.17, 15) is 0 Å². The summed E-state index contributed by atoms with van der Waals surface area (Å²) in [5, 5.41) is 0. The summed E-state index contributed by atoms with van der Waals surface area (Å²) >= 11 is 0. The second-order valence-electron chi connectivity index (χ2n) is 4.03. The van der Waals surface area contributed by atoms with Crippen molar-refractivity contribution in [3.05, 3.63) is 11.9 Å². The molecule has 2 heterocycles. The Morgan fingerprint density at radius 3 is 3.11 bits per heavy atom. The molecule has 0 aliphatic carbocycles. The number of nitrogens with one attached hydrogen (secondary N) is 1. The molecule has 7 heteroatoms. The van der Waals surface area contributed by atoms with Crippen molar-refractivity contribution < 1.29 is 14.2 Å². The van der Waals surface area contributed by atoms with E-state index in [0.717, 1.165) is 19.4 Å². The second kappa shape index (κ2) is 6.48. The summed E-state index contributed by atoms with van der Waals surface area (Å²) in [6, 6.07) is 1.65. The normalized spacial score (nSPS) is 18.9. The van der Waals surface area contributed by atoms with E-state index in [0.29, 0.717) is 30.7 Å². The minimum absolute atomic E-state index is 0.153. The number of hydrazine groups is 1. The van der Waals surface area contributed by atoms with E-state index in [4.69, 9.17) is 20.1 Å². The molecule has 0 aromatic carbocycles. The van der Waals surface area contributed by atoms with Crippen LogP contribution in [0.15, 0.2) is 6.07 Å². The fourth-order valence-electron chi connectivity index (χ4n) is 1.77. The van der Waals surface area contributed by atoms with Crippen LogP contribution in [0.3, 0.4) is 0 Å². The number of nitrogens with two attached hydrogens (primary N) is 1. The van der Waals surface area contributed by atoms with E-state index in [1.54, 1.807) is 13.2 Å². The first kappa shape index (κ1) is 13.0. The number of methoxy groups -OCH3 is 1. The highest BCUT2D eigenvalue weighted by atomic mass is 16.5. The zero-order valence-electron chi connectivity index (χ0n) is 10.4. The lowest BCUT2D eigenvalue weighted by Gasteiger charge is -2.12. The SMILES string of the molecule is COCc1nc(NN)cc(OCC2CCCO2)n1. The molecule has 0 radical (unpaired) electrons. The van der Waals surface area contributed by atoms with Gasteiger partial charge in [-0.05, 0) is 12.8 Å². The first-order chi connectivity index (χ1) is 8.81. The molecule has 1 atom stereocenters. The number of rotatable bonds is 6. The third kappa shape index (κ3) is 3.52. The molecule has 0 saturated carbocycles. The van der Waals surface area contributed by atoms with Gasteiger partial charge in [0.1, 0.15) is 19.0 Å². The van der Waals surface area contributed by atoms with Crippen LogP contribution in [0.5, 0.6) is 5.88 Å². The lowest BCUT2D eigenvalue weighted by molar-refractivity contribution is 0.0660. The smallest absolute Gasteiger partial charge is 0.218 e. The van der Waals surface area contributed by atoms with E-state index < -0.39 is 0 Å². The summed E-state index contributed by atoms with van der Waals surface area (Å²) in [6.45, 7) is 1.61. The fourth-order valence-corrected chi connectivity index (χ4v) is 1.77. The Labute approximate surface area is 106 Å². The van der Waals surface area contributed by atoms with Gasteiger partial charge in [-0.1, -0.05) is 0 Å². The maximum atomic E-state index is 5.59. The molecular weight excluding hydrogens is 236 g/mol. The predicted molar refractivity (Wildman–Crippen MR) is 65.0 cm³/mol. The molecule has 1 unspecified atom stereocenters. The zero-order valence-corrected chi connectivity index (χ0v) is 10.4. The standard InChI is InChI=1S/C11H18N4O3/c1-16-7-10-13-9(15-12)5-11(14-10)18-6-8-3-2-4-17-8/h5,8H,2-4,6-7,12H2,1H3,(H,13,14,15). The van der Waals surface area contributed by atoms with Crippen LogP contribution in [-0.2, 0) is 16.1 Å². The number of nitrogens with zero attached hydrogens (tertiary/aromatic N) is 2. The number of anilines is 1. The summed E-state index contributed by atoms with van der Waals surface area (Å²) in [5.41, 5.74) is 2.48. The molecular formula is C11H18N4O3. The van der Waals surface area contributed by atoms with Crippen LogP contribution in [0, 0.1) is 0 Å². The lowest BCUT2D eigenvalue weighted by Crippen LogP contribution is -2.18. The summed E-state index contributed by atoms with van der Waals surface area (Å²) in [6.07, 6.45) is 2.26. The van der Waals surface area contributed by atoms with Crippen molar-refractivity contribution >= 4 is 5.82 Å². The van der Waals surface area contributed by atoms with Gasteiger partial charge in [-0.2, -0.15) is 4.98 Å². The molecule has 0 amide bonds. The Bertz CT molecular complexity index is 383. The zero-order chi connectivity index (χ0) is 12.8. The van der Waals surface area contributed by atoms with Gasteiger partial charge >= 0.3 is 0 Å². The Morgan fingerprint density at radius 2 is 2.44 bits per heavy atom. The molecule has 2 rings (SSSR count). The highest BCUT2D eigenvalue weighted by molar-refractivity contribution is 5.36. The van der Waals surface area contributed by atoms with Crippen LogP contribution in [0.1, 0.15) is 18.7 Å². The molecule has 0 spiro atoms. The summed E-state index contributed by atoms with van der Waals surface area (Å²) in [4.78, 5) is 8.36. The minimum atomic E-state index is 0.153. The van der Waals surface area contributed by atoms with E-state index in [1.165, 1.54) is 0 Å². The highest BCUT2D eigenvalue weighted by Crippen LogP contribution is 2.16. The van der Waals surface area contributed by atoms with E-state index in [-0.39, 0.29) is 6.10 Å². The van der Waals surface area contributed by atoms with Gasteiger partial charge in [-0.25, -0.2) is 10.8 Å². The third-order valence-corrected chi connectivity index (χ3v) is 2.61. The number of ether oxygens (including phenoxy) is 3. The molecule has 1 aliphatic rings. The average molecular weight is 254 g/mol. The van der Waals surface area contributed by atoms with Crippen molar-refractivity contribution in [2.75, 3.05) is 25.7 Å². The predicted octanol–water partition coefficient (Wildman–Crippen LogP) is 0.466. The summed E-state index contributed by atoms with van der Waals surface area (Å²) in [5.74, 6) is 6.84. The Morgan fingerprint density at radius 1 is 1.56 bits per heavy atom. The molecule has 1 fully saturated rings. The molecule has 3 N–H and O–H groups in total. The average Bonchev–Trinajstić information content (AvgIpc) is 2.89. The van der Waals surface area contributed by atoms with Crippen LogP contribution in [0.4, 0.5) is 5.82 Å². The Kier molecular flexibility index (Phi) is 4.68. The summed E-state index contributed by atoms with van der Waals surface area (Å²) in [7, 11) is 1.58. The molecule has 7 nitrogen and oxygen atoms in total.